The van der Waals surface area contributed by atoms with Crippen LogP contribution in [-0.2, 0) is 0 Å². The fraction of sp³-hybridized carbons (Fsp3) is 0.562. The molecule has 1 unspecified atom stereocenters. The van der Waals surface area contributed by atoms with Crippen molar-refractivity contribution in [2.24, 2.45) is 5.92 Å². The van der Waals surface area contributed by atoms with Gasteiger partial charge in [-0.3, -0.25) is 0 Å². The van der Waals surface area contributed by atoms with Gasteiger partial charge in [-0.05, 0) is 50.1 Å². The summed E-state index contributed by atoms with van der Waals surface area (Å²) < 4.78 is 5.91. The number of nitrogens with one attached hydrogen (secondary N) is 1. The molecule has 1 aromatic rings. The summed E-state index contributed by atoms with van der Waals surface area (Å²) in [6.45, 7) is 11.0. The summed E-state index contributed by atoms with van der Waals surface area (Å²) in [7, 11) is 0. The van der Waals surface area contributed by atoms with E-state index in [4.69, 9.17) is 10.00 Å². The molecule has 0 heterocycles. The fourth-order valence-electron chi connectivity index (χ4n) is 2.05. The second kappa shape index (κ2) is 7.81. The van der Waals surface area contributed by atoms with Crippen LogP contribution in [0, 0.1) is 31.1 Å². The molecule has 0 fully saturated rings. The fourth-order valence-corrected chi connectivity index (χ4v) is 2.05. The first-order valence-corrected chi connectivity index (χ1v) is 6.93. The average Bonchev–Trinajstić information content (AvgIpc) is 2.37. The molecule has 0 aliphatic heterocycles. The van der Waals surface area contributed by atoms with Gasteiger partial charge in [-0.15, -0.1) is 0 Å². The molecule has 1 rings (SSSR count). The van der Waals surface area contributed by atoms with Gasteiger partial charge in [0.15, 0.2) is 0 Å². The first-order valence-electron chi connectivity index (χ1n) is 6.93. The summed E-state index contributed by atoms with van der Waals surface area (Å²) in [6.07, 6.45) is 1.15. The molecule has 3 heteroatoms. The highest BCUT2D eigenvalue weighted by atomic mass is 16.5. The van der Waals surface area contributed by atoms with Crippen molar-refractivity contribution in [3.63, 3.8) is 0 Å². The number of ether oxygens (including phenoxy) is 1. The van der Waals surface area contributed by atoms with Gasteiger partial charge in [-0.1, -0.05) is 13.8 Å². The second-order valence-electron chi connectivity index (χ2n) is 5.17. The predicted molar refractivity (Wildman–Crippen MR) is 78.5 cm³/mol. The number of hydrogen-bond acceptors (Lipinski definition) is 3. The highest BCUT2D eigenvalue weighted by molar-refractivity contribution is 5.47. The van der Waals surface area contributed by atoms with Crippen molar-refractivity contribution in [2.75, 3.05) is 19.7 Å². The number of nitriles is 1. The largest absolute Gasteiger partial charge is 0.493 e. The molecule has 0 aliphatic rings. The van der Waals surface area contributed by atoms with Crippen molar-refractivity contribution in [1.29, 1.82) is 5.26 Å². The summed E-state index contributed by atoms with van der Waals surface area (Å²) in [5.41, 5.74) is 2.76. The van der Waals surface area contributed by atoms with Gasteiger partial charge < -0.3 is 10.1 Å². The van der Waals surface area contributed by atoms with E-state index in [1.807, 2.05) is 26.0 Å². The standard InChI is InChI=1S/C16H24N2O/c1-5-6-18-10-12(2)11-19-16-13(3)7-15(9-17)8-14(16)4/h7-8,12,18H,5-6,10-11H2,1-4H3. The molecular weight excluding hydrogens is 236 g/mol. The highest BCUT2D eigenvalue weighted by Crippen LogP contribution is 2.25. The molecule has 0 saturated carbocycles. The smallest absolute Gasteiger partial charge is 0.125 e. The molecule has 1 N–H and O–H groups in total. The quantitative estimate of drug-likeness (QED) is 0.766. The van der Waals surface area contributed by atoms with Crippen LogP contribution < -0.4 is 10.1 Å². The van der Waals surface area contributed by atoms with E-state index < -0.39 is 0 Å². The number of benzene rings is 1. The molecule has 0 saturated heterocycles. The summed E-state index contributed by atoms with van der Waals surface area (Å²) in [4.78, 5) is 0. The van der Waals surface area contributed by atoms with Crippen molar-refractivity contribution in [3.05, 3.63) is 28.8 Å². The molecule has 0 amide bonds. The van der Waals surface area contributed by atoms with Crippen molar-refractivity contribution >= 4 is 0 Å². The van der Waals surface area contributed by atoms with Crippen molar-refractivity contribution in [1.82, 2.24) is 5.32 Å². The molecule has 0 radical (unpaired) electrons. The summed E-state index contributed by atoms with van der Waals surface area (Å²) >= 11 is 0. The van der Waals surface area contributed by atoms with Crippen LogP contribution in [0.2, 0.25) is 0 Å². The molecule has 0 spiro atoms. The van der Waals surface area contributed by atoms with Crippen LogP contribution in [0.4, 0.5) is 0 Å². The van der Waals surface area contributed by atoms with Crippen LogP contribution in [0.3, 0.4) is 0 Å². The predicted octanol–water partition coefficient (Wildman–Crippen LogP) is 3.19. The van der Waals surface area contributed by atoms with E-state index in [-0.39, 0.29) is 0 Å². The van der Waals surface area contributed by atoms with Gasteiger partial charge in [-0.2, -0.15) is 5.26 Å². The Morgan fingerprint density at radius 1 is 1.32 bits per heavy atom. The number of rotatable bonds is 7. The van der Waals surface area contributed by atoms with Crippen molar-refractivity contribution in [2.45, 2.75) is 34.1 Å². The lowest BCUT2D eigenvalue weighted by Gasteiger charge is -2.17. The van der Waals surface area contributed by atoms with E-state index in [9.17, 15) is 0 Å². The van der Waals surface area contributed by atoms with E-state index in [0.29, 0.717) is 18.1 Å². The lowest BCUT2D eigenvalue weighted by molar-refractivity contribution is 0.253. The number of hydrogen-bond donors (Lipinski definition) is 1. The molecule has 3 nitrogen and oxygen atoms in total. The van der Waals surface area contributed by atoms with Gasteiger partial charge in [-0.25, -0.2) is 0 Å². The first kappa shape index (κ1) is 15.5. The molecule has 0 aliphatic carbocycles. The molecule has 104 valence electrons. The Labute approximate surface area is 116 Å². The Kier molecular flexibility index (Phi) is 6.38. The van der Waals surface area contributed by atoms with Gasteiger partial charge in [0.05, 0.1) is 18.2 Å². The third-order valence-corrected chi connectivity index (χ3v) is 3.02. The van der Waals surface area contributed by atoms with Gasteiger partial charge >= 0.3 is 0 Å². The lowest BCUT2D eigenvalue weighted by atomic mass is 10.1. The minimum absolute atomic E-state index is 0.473. The lowest BCUT2D eigenvalue weighted by Crippen LogP contribution is -2.25. The Bertz CT molecular complexity index is 426. The minimum atomic E-state index is 0.473. The Hall–Kier alpha value is -1.53. The van der Waals surface area contributed by atoms with E-state index in [1.54, 1.807) is 0 Å². The zero-order chi connectivity index (χ0) is 14.3. The van der Waals surface area contributed by atoms with Crippen LogP contribution in [0.1, 0.15) is 37.0 Å². The molecule has 1 aromatic carbocycles. The van der Waals surface area contributed by atoms with Crippen LogP contribution in [0.25, 0.3) is 0 Å². The van der Waals surface area contributed by atoms with E-state index in [2.05, 4.69) is 25.2 Å². The second-order valence-corrected chi connectivity index (χ2v) is 5.17. The summed E-state index contributed by atoms with van der Waals surface area (Å²) in [5.74, 6) is 1.39. The molecule has 19 heavy (non-hydrogen) atoms. The van der Waals surface area contributed by atoms with Crippen LogP contribution in [0.15, 0.2) is 12.1 Å². The van der Waals surface area contributed by atoms with Crippen LogP contribution >= 0.6 is 0 Å². The average molecular weight is 260 g/mol. The maximum Gasteiger partial charge on any atom is 0.125 e. The normalized spacial score (nSPS) is 11.9. The van der Waals surface area contributed by atoms with E-state index >= 15 is 0 Å². The van der Waals surface area contributed by atoms with Crippen LogP contribution in [-0.4, -0.2) is 19.7 Å². The molecule has 0 bridgehead atoms. The Morgan fingerprint density at radius 2 is 1.95 bits per heavy atom. The highest BCUT2D eigenvalue weighted by Gasteiger charge is 2.08. The molecule has 0 aromatic heterocycles. The molecule has 1 atom stereocenters. The summed E-state index contributed by atoms with van der Waals surface area (Å²) in [6, 6.07) is 5.92. The van der Waals surface area contributed by atoms with Crippen LogP contribution in [0.5, 0.6) is 5.75 Å². The third-order valence-electron chi connectivity index (χ3n) is 3.02. The topological polar surface area (TPSA) is 45.0 Å². The maximum absolute atomic E-state index is 8.92. The van der Waals surface area contributed by atoms with Crippen molar-refractivity contribution < 1.29 is 4.74 Å². The SMILES string of the molecule is CCCNCC(C)COc1c(C)cc(C#N)cc1C. The van der Waals surface area contributed by atoms with E-state index in [1.165, 1.54) is 0 Å². The number of aryl methyl sites for hydroxylation is 2. The zero-order valence-corrected chi connectivity index (χ0v) is 12.4. The summed E-state index contributed by atoms with van der Waals surface area (Å²) in [5, 5.41) is 12.3. The zero-order valence-electron chi connectivity index (χ0n) is 12.4. The maximum atomic E-state index is 8.92. The number of nitrogens with zero attached hydrogens (tertiary/aromatic N) is 1. The van der Waals surface area contributed by atoms with E-state index in [0.717, 1.165) is 36.4 Å². The van der Waals surface area contributed by atoms with Gasteiger partial charge in [0.1, 0.15) is 5.75 Å². The van der Waals surface area contributed by atoms with Gasteiger partial charge in [0, 0.05) is 12.5 Å². The van der Waals surface area contributed by atoms with Gasteiger partial charge in [0.2, 0.25) is 0 Å². The molecular formula is C16H24N2O. The monoisotopic (exact) mass is 260 g/mol. The minimum Gasteiger partial charge on any atom is -0.493 e. The Morgan fingerprint density at radius 3 is 2.47 bits per heavy atom. The van der Waals surface area contributed by atoms with Crippen molar-refractivity contribution in [3.8, 4) is 11.8 Å². The third kappa shape index (κ3) is 4.92. The first-order chi connectivity index (χ1) is 9.08. The Balaban J connectivity index is 2.56. The van der Waals surface area contributed by atoms with Gasteiger partial charge in [0.25, 0.3) is 0 Å².